The van der Waals surface area contributed by atoms with Crippen molar-refractivity contribution in [2.24, 2.45) is 0 Å². The summed E-state index contributed by atoms with van der Waals surface area (Å²) in [5.41, 5.74) is 6.66. The Hall–Kier alpha value is -3.90. The summed E-state index contributed by atoms with van der Waals surface area (Å²) in [4.78, 5) is 0. The first kappa shape index (κ1) is 18.7. The number of fused-ring (bicyclic) bond motifs is 2. The third kappa shape index (κ3) is 2.58. The van der Waals surface area contributed by atoms with Gasteiger partial charge in [0.05, 0.1) is 0 Å². The average molecular weight is 421 g/mol. The van der Waals surface area contributed by atoms with Crippen LogP contribution in [-0.4, -0.2) is 0 Å². The number of hydrogen-bond donors (Lipinski definition) is 0. The molecule has 33 heavy (non-hydrogen) atoms. The van der Waals surface area contributed by atoms with Crippen molar-refractivity contribution in [2.45, 2.75) is 20.8 Å². The molecule has 0 amide bonds. The highest BCUT2D eigenvalue weighted by atomic mass is 14.2. The predicted octanol–water partition coefficient (Wildman–Crippen LogP) is 9.48. The van der Waals surface area contributed by atoms with Gasteiger partial charge in [0.15, 0.2) is 0 Å². The highest BCUT2D eigenvalue weighted by Crippen LogP contribution is 2.43. The molecule has 7 rings (SSSR count). The predicted molar refractivity (Wildman–Crippen MR) is 145 cm³/mol. The van der Waals surface area contributed by atoms with Crippen molar-refractivity contribution in [1.82, 2.24) is 0 Å². The first-order valence-electron chi connectivity index (χ1n) is 11.7. The van der Waals surface area contributed by atoms with Crippen LogP contribution < -0.4 is 0 Å². The summed E-state index contributed by atoms with van der Waals surface area (Å²) in [5, 5.41) is 13.4. The molecule has 0 heteroatoms. The van der Waals surface area contributed by atoms with Gasteiger partial charge in [-0.15, -0.1) is 0 Å². The van der Waals surface area contributed by atoms with Gasteiger partial charge in [-0.3, -0.25) is 0 Å². The molecule has 0 N–H and O–H groups in total. The lowest BCUT2D eigenvalue weighted by Gasteiger charge is -2.18. The zero-order chi connectivity index (χ0) is 22.3. The molecule has 0 bridgehead atoms. The van der Waals surface area contributed by atoms with E-state index >= 15 is 0 Å². The van der Waals surface area contributed by atoms with Crippen LogP contribution in [0.4, 0.5) is 0 Å². The molecule has 0 nitrogen and oxygen atoms in total. The second kappa shape index (κ2) is 6.56. The maximum absolute atomic E-state index is 2.38. The van der Waals surface area contributed by atoms with E-state index in [9.17, 15) is 0 Å². The standard InChI is InChI=1S/C33H24/c1-19-14-20(2)28-12-13-30-31(15-21(3)29-11-10-27(19)32(28)33(29)30)25-9-8-24-16-22-6-4-5-7-23(22)17-26(24)18-25/h4-18H,1-3H3. The number of aryl methyl sites for hydroxylation is 3. The van der Waals surface area contributed by atoms with E-state index in [2.05, 4.69) is 112 Å². The van der Waals surface area contributed by atoms with E-state index < -0.39 is 0 Å². The van der Waals surface area contributed by atoms with Crippen LogP contribution >= 0.6 is 0 Å². The van der Waals surface area contributed by atoms with Crippen molar-refractivity contribution in [1.29, 1.82) is 0 Å². The van der Waals surface area contributed by atoms with Crippen LogP contribution in [0.3, 0.4) is 0 Å². The third-order valence-corrected chi connectivity index (χ3v) is 7.54. The van der Waals surface area contributed by atoms with Gasteiger partial charge < -0.3 is 0 Å². The maximum Gasteiger partial charge on any atom is -0.00177 e. The molecule has 0 aliphatic rings. The van der Waals surface area contributed by atoms with Gasteiger partial charge in [-0.2, -0.15) is 0 Å². The summed E-state index contributed by atoms with van der Waals surface area (Å²) >= 11 is 0. The lowest BCUT2D eigenvalue weighted by molar-refractivity contribution is 1.45. The first-order valence-corrected chi connectivity index (χ1v) is 11.7. The van der Waals surface area contributed by atoms with Crippen LogP contribution in [0, 0.1) is 20.8 Å². The molecule has 0 spiro atoms. The van der Waals surface area contributed by atoms with Crippen LogP contribution in [0.15, 0.2) is 91.0 Å². The normalized spacial score (nSPS) is 12.1. The van der Waals surface area contributed by atoms with Crippen LogP contribution in [-0.2, 0) is 0 Å². The molecule has 0 heterocycles. The number of benzene rings is 7. The van der Waals surface area contributed by atoms with Gasteiger partial charge in [0.1, 0.15) is 0 Å². The van der Waals surface area contributed by atoms with E-state index in [4.69, 9.17) is 0 Å². The lowest BCUT2D eigenvalue weighted by Crippen LogP contribution is -1.93. The Morgan fingerprint density at radius 3 is 1.58 bits per heavy atom. The number of hydrogen-bond acceptors (Lipinski definition) is 0. The monoisotopic (exact) mass is 420 g/mol. The van der Waals surface area contributed by atoms with Crippen molar-refractivity contribution in [3.63, 3.8) is 0 Å². The summed E-state index contributed by atoms with van der Waals surface area (Å²) < 4.78 is 0. The van der Waals surface area contributed by atoms with Gasteiger partial charge in [-0.1, -0.05) is 72.8 Å². The average Bonchev–Trinajstić information content (AvgIpc) is 2.83. The Morgan fingerprint density at radius 1 is 0.394 bits per heavy atom. The zero-order valence-electron chi connectivity index (χ0n) is 19.2. The molecule has 156 valence electrons. The van der Waals surface area contributed by atoms with E-state index in [0.29, 0.717) is 0 Å². The Kier molecular flexibility index (Phi) is 3.71. The molecule has 0 saturated carbocycles. The van der Waals surface area contributed by atoms with Gasteiger partial charge in [-0.05, 0) is 121 Å². The first-order chi connectivity index (χ1) is 16.1. The van der Waals surface area contributed by atoms with E-state index in [-0.39, 0.29) is 0 Å². The van der Waals surface area contributed by atoms with Gasteiger partial charge in [0.25, 0.3) is 0 Å². The molecule has 0 unspecified atom stereocenters. The van der Waals surface area contributed by atoms with E-state index in [1.165, 1.54) is 81.7 Å². The smallest absolute Gasteiger partial charge is 0.00177 e. The Morgan fingerprint density at radius 2 is 0.909 bits per heavy atom. The SMILES string of the molecule is Cc1cc(C)c2ccc3c(-c4ccc5cc6ccccc6cc5c4)cc(C)c4ccc1c2c43. The molecule has 0 aliphatic carbocycles. The topological polar surface area (TPSA) is 0 Å². The molecule has 0 saturated heterocycles. The van der Waals surface area contributed by atoms with Gasteiger partial charge in [0, 0.05) is 0 Å². The maximum atomic E-state index is 2.38. The second-order valence-electron chi connectivity index (χ2n) is 9.58. The van der Waals surface area contributed by atoms with E-state index in [1.807, 2.05) is 0 Å². The van der Waals surface area contributed by atoms with Crippen molar-refractivity contribution in [3.8, 4) is 11.1 Å². The fraction of sp³-hybridized carbons (Fsp3) is 0.0909. The molecule has 7 aromatic rings. The van der Waals surface area contributed by atoms with Gasteiger partial charge >= 0.3 is 0 Å². The van der Waals surface area contributed by atoms with Crippen LogP contribution in [0.2, 0.25) is 0 Å². The van der Waals surface area contributed by atoms with Crippen molar-refractivity contribution in [3.05, 3.63) is 108 Å². The van der Waals surface area contributed by atoms with Crippen molar-refractivity contribution < 1.29 is 0 Å². The summed E-state index contributed by atoms with van der Waals surface area (Å²) in [6, 6.07) is 34.2. The molecule has 0 aromatic heterocycles. The Balaban J connectivity index is 1.59. The molecule has 0 radical (unpaired) electrons. The summed E-state index contributed by atoms with van der Waals surface area (Å²) in [6.45, 7) is 6.73. The summed E-state index contributed by atoms with van der Waals surface area (Å²) in [6.07, 6.45) is 0. The highest BCUT2D eigenvalue weighted by Gasteiger charge is 2.16. The fourth-order valence-corrected chi connectivity index (χ4v) is 5.90. The lowest BCUT2D eigenvalue weighted by atomic mass is 9.85. The molecule has 0 aliphatic heterocycles. The van der Waals surface area contributed by atoms with Crippen LogP contribution in [0.1, 0.15) is 16.7 Å². The van der Waals surface area contributed by atoms with Crippen LogP contribution in [0.5, 0.6) is 0 Å². The molecular formula is C33H24. The molecule has 0 fully saturated rings. The van der Waals surface area contributed by atoms with Gasteiger partial charge in [0.2, 0.25) is 0 Å². The quantitative estimate of drug-likeness (QED) is 0.183. The number of rotatable bonds is 1. The van der Waals surface area contributed by atoms with Crippen molar-refractivity contribution >= 4 is 53.9 Å². The molecule has 7 aromatic carbocycles. The zero-order valence-corrected chi connectivity index (χ0v) is 19.2. The van der Waals surface area contributed by atoms with Gasteiger partial charge in [-0.25, -0.2) is 0 Å². The highest BCUT2D eigenvalue weighted by molar-refractivity contribution is 6.27. The largest absolute Gasteiger partial charge is 0.0616 e. The Bertz CT molecular complexity index is 1860. The summed E-state index contributed by atoms with van der Waals surface area (Å²) in [7, 11) is 0. The Labute approximate surface area is 193 Å². The van der Waals surface area contributed by atoms with E-state index in [0.717, 1.165) is 0 Å². The van der Waals surface area contributed by atoms with E-state index in [1.54, 1.807) is 0 Å². The van der Waals surface area contributed by atoms with Crippen LogP contribution in [0.25, 0.3) is 65.0 Å². The second-order valence-corrected chi connectivity index (χ2v) is 9.58. The minimum absolute atomic E-state index is 1.28. The molecular weight excluding hydrogens is 396 g/mol. The summed E-state index contributed by atoms with van der Waals surface area (Å²) in [5.74, 6) is 0. The molecule has 0 atom stereocenters. The minimum atomic E-state index is 1.28. The minimum Gasteiger partial charge on any atom is -0.0616 e. The fourth-order valence-electron chi connectivity index (χ4n) is 5.90. The van der Waals surface area contributed by atoms with Crippen molar-refractivity contribution in [2.75, 3.05) is 0 Å². The third-order valence-electron chi connectivity index (χ3n) is 7.54.